The lowest BCUT2D eigenvalue weighted by Crippen LogP contribution is -2.35. The number of nitrogens with zero attached hydrogens (tertiary/aromatic N) is 1. The van der Waals surface area contributed by atoms with Crippen LogP contribution in [-0.2, 0) is 0 Å². The fraction of sp³-hybridized carbons (Fsp3) is 0.333. The van der Waals surface area contributed by atoms with Gasteiger partial charge in [0, 0.05) is 5.69 Å². The van der Waals surface area contributed by atoms with E-state index in [2.05, 4.69) is 60.7 Å². The van der Waals surface area contributed by atoms with Crippen molar-refractivity contribution in [2.24, 2.45) is 5.92 Å². The van der Waals surface area contributed by atoms with Gasteiger partial charge in [0.05, 0.1) is 6.04 Å². The molecule has 0 aliphatic heterocycles. The van der Waals surface area contributed by atoms with E-state index >= 15 is 0 Å². The van der Waals surface area contributed by atoms with Gasteiger partial charge >= 0.3 is 0 Å². The Morgan fingerprint density at radius 1 is 1.05 bits per heavy atom. The van der Waals surface area contributed by atoms with Gasteiger partial charge < -0.3 is 10.6 Å². The van der Waals surface area contributed by atoms with E-state index in [1.807, 2.05) is 25.1 Å². The summed E-state index contributed by atoms with van der Waals surface area (Å²) in [6, 6.07) is 14.4. The Labute approximate surface area is 138 Å². The zero-order chi connectivity index (χ0) is 16.1. The highest BCUT2D eigenvalue weighted by atomic mass is 32.1. The van der Waals surface area contributed by atoms with Gasteiger partial charge in [-0.05, 0) is 55.2 Å². The molecule has 0 aliphatic rings. The summed E-state index contributed by atoms with van der Waals surface area (Å²) in [7, 11) is 0. The summed E-state index contributed by atoms with van der Waals surface area (Å²) in [5.74, 6) is 1.19. The second-order valence-corrected chi connectivity index (χ2v) is 6.25. The maximum Gasteiger partial charge on any atom is 0.172 e. The normalized spacial score (nSPS) is 12.0. The van der Waals surface area contributed by atoms with Crippen molar-refractivity contribution in [3.63, 3.8) is 0 Å². The second-order valence-electron chi connectivity index (χ2n) is 5.84. The minimum atomic E-state index is 0.172. The molecule has 1 atom stereocenters. The molecule has 0 bridgehead atoms. The van der Waals surface area contributed by atoms with Crippen molar-refractivity contribution in [2.45, 2.75) is 33.7 Å². The van der Waals surface area contributed by atoms with Gasteiger partial charge in [-0.15, -0.1) is 0 Å². The highest BCUT2D eigenvalue weighted by Crippen LogP contribution is 2.24. The largest absolute Gasteiger partial charge is 0.355 e. The third-order valence-electron chi connectivity index (χ3n) is 3.61. The fourth-order valence-corrected chi connectivity index (χ4v) is 2.68. The Hall–Kier alpha value is -1.94. The molecule has 3 nitrogen and oxygen atoms in total. The van der Waals surface area contributed by atoms with E-state index < -0.39 is 0 Å². The van der Waals surface area contributed by atoms with Crippen LogP contribution in [0.1, 0.15) is 36.7 Å². The maximum atomic E-state index is 5.46. The summed E-state index contributed by atoms with van der Waals surface area (Å²) in [5.41, 5.74) is 3.51. The topological polar surface area (TPSA) is 37.0 Å². The van der Waals surface area contributed by atoms with Crippen molar-refractivity contribution in [2.75, 3.05) is 5.32 Å². The molecule has 2 rings (SSSR count). The van der Waals surface area contributed by atoms with Crippen LogP contribution in [0, 0.1) is 19.8 Å². The Kier molecular flexibility index (Phi) is 5.50. The molecule has 0 saturated carbocycles. The molecule has 22 heavy (non-hydrogen) atoms. The minimum absolute atomic E-state index is 0.172. The molecule has 0 spiro atoms. The average Bonchev–Trinajstić information content (AvgIpc) is 2.45. The molecular formula is C18H23N3S. The van der Waals surface area contributed by atoms with Crippen LogP contribution < -0.4 is 10.6 Å². The van der Waals surface area contributed by atoms with Gasteiger partial charge in [-0.25, -0.2) is 4.98 Å². The van der Waals surface area contributed by atoms with E-state index in [9.17, 15) is 0 Å². The van der Waals surface area contributed by atoms with Gasteiger partial charge in [0.2, 0.25) is 0 Å². The van der Waals surface area contributed by atoms with Crippen LogP contribution in [0.2, 0.25) is 0 Å². The average molecular weight is 313 g/mol. The van der Waals surface area contributed by atoms with Crippen molar-refractivity contribution < 1.29 is 0 Å². The first-order chi connectivity index (χ1) is 10.5. The van der Waals surface area contributed by atoms with E-state index in [-0.39, 0.29) is 6.04 Å². The van der Waals surface area contributed by atoms with E-state index in [1.165, 1.54) is 11.1 Å². The Morgan fingerprint density at radius 3 is 2.41 bits per heavy atom. The fourth-order valence-electron chi connectivity index (χ4n) is 2.45. The van der Waals surface area contributed by atoms with Crippen molar-refractivity contribution in [3.05, 3.63) is 59.3 Å². The van der Waals surface area contributed by atoms with Crippen molar-refractivity contribution in [1.29, 1.82) is 0 Å². The number of benzene rings is 1. The molecule has 2 N–H and O–H groups in total. The van der Waals surface area contributed by atoms with Crippen LogP contribution in [0.5, 0.6) is 0 Å². The van der Waals surface area contributed by atoms with Crippen LogP contribution in [-0.4, -0.2) is 10.1 Å². The number of thiocarbonyl (C=S) groups is 1. The standard InChI is InChI=1S/C18H23N3S/c1-12(2)17(15-10-6-5-8-13(15)3)21-18(22)20-16-11-7-9-14(4)19-16/h5-12,17H,1-4H3,(H2,19,20,21,22)/t17-/m0/s1. The van der Waals surface area contributed by atoms with Gasteiger partial charge in [0.25, 0.3) is 0 Å². The second kappa shape index (κ2) is 7.36. The molecule has 1 aromatic heterocycles. The van der Waals surface area contributed by atoms with Gasteiger partial charge in [-0.2, -0.15) is 0 Å². The highest BCUT2D eigenvalue weighted by molar-refractivity contribution is 7.80. The van der Waals surface area contributed by atoms with E-state index in [4.69, 9.17) is 12.2 Å². The summed E-state index contributed by atoms with van der Waals surface area (Å²) in [4.78, 5) is 4.42. The SMILES string of the molecule is Cc1cccc(NC(=S)N[C@H](c2ccccc2C)C(C)C)n1. The van der Waals surface area contributed by atoms with E-state index in [0.717, 1.165) is 11.5 Å². The first kappa shape index (κ1) is 16.4. The molecule has 0 aliphatic carbocycles. The number of hydrogen-bond acceptors (Lipinski definition) is 2. The monoisotopic (exact) mass is 313 g/mol. The first-order valence-electron chi connectivity index (χ1n) is 7.54. The first-order valence-corrected chi connectivity index (χ1v) is 7.95. The van der Waals surface area contributed by atoms with Crippen LogP contribution in [0.15, 0.2) is 42.5 Å². The molecule has 1 heterocycles. The van der Waals surface area contributed by atoms with Gasteiger partial charge in [0.15, 0.2) is 5.11 Å². The van der Waals surface area contributed by atoms with Crippen molar-refractivity contribution in [3.8, 4) is 0 Å². The molecule has 2 aromatic rings. The summed E-state index contributed by atoms with van der Waals surface area (Å²) in [5, 5.41) is 7.19. The molecule has 4 heteroatoms. The Balaban J connectivity index is 2.11. The third kappa shape index (κ3) is 4.28. The molecular weight excluding hydrogens is 290 g/mol. The molecule has 116 valence electrons. The van der Waals surface area contributed by atoms with Gasteiger partial charge in [-0.3, -0.25) is 0 Å². The third-order valence-corrected chi connectivity index (χ3v) is 3.83. The number of anilines is 1. The van der Waals surface area contributed by atoms with Crippen molar-refractivity contribution >= 4 is 23.1 Å². The van der Waals surface area contributed by atoms with Crippen LogP contribution >= 0.6 is 12.2 Å². The van der Waals surface area contributed by atoms with Crippen LogP contribution in [0.4, 0.5) is 5.82 Å². The van der Waals surface area contributed by atoms with Gasteiger partial charge in [0.1, 0.15) is 5.82 Å². The molecule has 0 radical (unpaired) electrons. The maximum absolute atomic E-state index is 5.46. The highest BCUT2D eigenvalue weighted by Gasteiger charge is 2.18. The number of rotatable bonds is 4. The molecule has 0 saturated heterocycles. The zero-order valence-corrected chi connectivity index (χ0v) is 14.4. The molecule has 0 fully saturated rings. The zero-order valence-electron chi connectivity index (χ0n) is 13.6. The Bertz CT molecular complexity index is 652. The quantitative estimate of drug-likeness (QED) is 0.821. The predicted molar refractivity (Wildman–Crippen MR) is 97.1 cm³/mol. The Morgan fingerprint density at radius 2 is 1.77 bits per heavy atom. The summed E-state index contributed by atoms with van der Waals surface area (Å²) < 4.78 is 0. The van der Waals surface area contributed by atoms with Gasteiger partial charge in [-0.1, -0.05) is 44.2 Å². The summed E-state index contributed by atoms with van der Waals surface area (Å²) >= 11 is 5.46. The molecule has 0 unspecified atom stereocenters. The molecule has 0 amide bonds. The summed E-state index contributed by atoms with van der Waals surface area (Å²) in [6.45, 7) is 8.48. The lowest BCUT2D eigenvalue weighted by Gasteiger charge is -2.26. The number of nitrogens with one attached hydrogen (secondary N) is 2. The number of aryl methyl sites for hydroxylation is 2. The number of aromatic nitrogens is 1. The van der Waals surface area contributed by atoms with E-state index in [0.29, 0.717) is 11.0 Å². The van der Waals surface area contributed by atoms with Crippen molar-refractivity contribution in [1.82, 2.24) is 10.3 Å². The lowest BCUT2D eigenvalue weighted by atomic mass is 9.93. The van der Waals surface area contributed by atoms with Crippen LogP contribution in [0.25, 0.3) is 0 Å². The number of hydrogen-bond donors (Lipinski definition) is 2. The lowest BCUT2D eigenvalue weighted by molar-refractivity contribution is 0.471. The number of pyridine rings is 1. The van der Waals surface area contributed by atoms with Crippen LogP contribution in [0.3, 0.4) is 0 Å². The van der Waals surface area contributed by atoms with E-state index in [1.54, 1.807) is 0 Å². The smallest absolute Gasteiger partial charge is 0.172 e. The minimum Gasteiger partial charge on any atom is -0.355 e. The summed E-state index contributed by atoms with van der Waals surface area (Å²) in [6.07, 6.45) is 0. The molecule has 1 aromatic carbocycles. The predicted octanol–water partition coefficient (Wildman–Crippen LogP) is 4.38.